The fourth-order valence-electron chi connectivity index (χ4n) is 2.58. The molecule has 4 heterocycles. The summed E-state index contributed by atoms with van der Waals surface area (Å²) in [5.41, 5.74) is 1.09. The topological polar surface area (TPSA) is 82.6 Å². The second-order valence-electron chi connectivity index (χ2n) is 5.42. The van der Waals surface area contributed by atoms with E-state index in [1.165, 1.54) is 0 Å². The summed E-state index contributed by atoms with van der Waals surface area (Å²) >= 11 is 0. The lowest BCUT2D eigenvalue weighted by Gasteiger charge is -2.09. The van der Waals surface area contributed by atoms with Gasteiger partial charge in [0.1, 0.15) is 23.5 Å². The summed E-state index contributed by atoms with van der Waals surface area (Å²) in [6.45, 7) is 0. The van der Waals surface area contributed by atoms with Crippen molar-refractivity contribution in [1.29, 1.82) is 0 Å². The fraction of sp³-hybridized carbons (Fsp3) is 0.0588. The van der Waals surface area contributed by atoms with Gasteiger partial charge in [-0.05, 0) is 24.3 Å². The average Bonchev–Trinajstić information content (AvgIpc) is 3.37. The molecule has 0 fully saturated rings. The molecule has 0 aromatic carbocycles. The molecule has 0 atom stereocenters. The Morgan fingerprint density at radius 2 is 1.92 bits per heavy atom. The molecule has 0 aliphatic carbocycles. The van der Waals surface area contributed by atoms with Crippen LogP contribution in [0.5, 0.6) is 0 Å². The fourth-order valence-corrected chi connectivity index (χ4v) is 2.58. The molecule has 8 heteroatoms. The highest BCUT2D eigenvalue weighted by atomic mass is 16.1. The Labute approximate surface area is 143 Å². The van der Waals surface area contributed by atoms with Crippen LogP contribution in [0.3, 0.4) is 0 Å². The first-order chi connectivity index (χ1) is 12.2. The van der Waals surface area contributed by atoms with Crippen LogP contribution >= 0.6 is 0 Å². The second kappa shape index (κ2) is 6.08. The third kappa shape index (κ3) is 2.80. The number of anilines is 1. The van der Waals surface area contributed by atoms with Gasteiger partial charge in [0.15, 0.2) is 0 Å². The molecule has 0 aliphatic heterocycles. The van der Waals surface area contributed by atoms with Gasteiger partial charge in [0, 0.05) is 31.8 Å². The zero-order chi connectivity index (χ0) is 17.2. The van der Waals surface area contributed by atoms with Crippen molar-refractivity contribution in [2.75, 3.05) is 5.32 Å². The van der Waals surface area contributed by atoms with E-state index in [9.17, 15) is 4.79 Å². The molecular weight excluding hydrogens is 318 g/mol. The van der Waals surface area contributed by atoms with E-state index < -0.39 is 0 Å². The van der Waals surface area contributed by atoms with Gasteiger partial charge >= 0.3 is 0 Å². The molecule has 4 aromatic heterocycles. The van der Waals surface area contributed by atoms with Gasteiger partial charge in [-0.2, -0.15) is 5.10 Å². The van der Waals surface area contributed by atoms with Crippen LogP contribution in [0.15, 0.2) is 67.8 Å². The number of imidazole rings is 1. The average molecular weight is 333 g/mol. The third-order valence-electron chi connectivity index (χ3n) is 3.78. The minimum atomic E-state index is -0.242. The van der Waals surface area contributed by atoms with Crippen LogP contribution < -0.4 is 5.32 Å². The van der Waals surface area contributed by atoms with Crippen LogP contribution in [0, 0.1) is 0 Å². The number of carbonyl (C=O) groups excluding carboxylic acids is 1. The van der Waals surface area contributed by atoms with Crippen molar-refractivity contribution in [3.63, 3.8) is 0 Å². The number of amides is 1. The Bertz CT molecular complexity index is 982. The normalized spacial score (nSPS) is 10.8. The zero-order valence-electron chi connectivity index (χ0n) is 13.4. The highest BCUT2D eigenvalue weighted by molar-refractivity contribution is 6.06. The molecule has 25 heavy (non-hydrogen) atoms. The number of aryl methyl sites for hydroxylation is 1. The van der Waals surface area contributed by atoms with Crippen molar-refractivity contribution in [1.82, 2.24) is 28.9 Å². The van der Waals surface area contributed by atoms with Gasteiger partial charge in [-0.15, -0.1) is 0 Å². The first-order valence-corrected chi connectivity index (χ1v) is 7.63. The predicted molar refractivity (Wildman–Crippen MR) is 91.8 cm³/mol. The number of rotatable bonds is 4. The van der Waals surface area contributed by atoms with Crippen molar-refractivity contribution >= 4 is 11.6 Å². The molecule has 0 radical (unpaired) electrons. The van der Waals surface area contributed by atoms with Crippen LogP contribution in [0.25, 0.3) is 11.6 Å². The quantitative estimate of drug-likeness (QED) is 0.619. The van der Waals surface area contributed by atoms with Gasteiger partial charge < -0.3 is 9.88 Å². The minimum Gasteiger partial charge on any atom is -0.320 e. The van der Waals surface area contributed by atoms with Gasteiger partial charge in [-0.1, -0.05) is 0 Å². The van der Waals surface area contributed by atoms with Crippen LogP contribution in [0.1, 0.15) is 10.4 Å². The number of pyridine rings is 1. The molecule has 8 nitrogen and oxygen atoms in total. The Kier molecular flexibility index (Phi) is 3.62. The number of hydrogen-bond donors (Lipinski definition) is 1. The summed E-state index contributed by atoms with van der Waals surface area (Å²) in [7, 11) is 1.80. The molecule has 0 saturated heterocycles. The maximum absolute atomic E-state index is 12.6. The monoisotopic (exact) mass is 333 g/mol. The first-order valence-electron chi connectivity index (χ1n) is 7.63. The van der Waals surface area contributed by atoms with Crippen LogP contribution in [0.2, 0.25) is 0 Å². The van der Waals surface area contributed by atoms with Crippen molar-refractivity contribution in [2.45, 2.75) is 0 Å². The number of aromatic nitrogens is 6. The number of hydrogen-bond acceptors (Lipinski definition) is 4. The first kappa shape index (κ1) is 14.9. The van der Waals surface area contributed by atoms with E-state index >= 15 is 0 Å². The number of nitrogens with one attached hydrogen (secondary N) is 1. The second-order valence-corrected chi connectivity index (χ2v) is 5.42. The number of carbonyl (C=O) groups is 1. The van der Waals surface area contributed by atoms with E-state index in [1.807, 2.05) is 35.2 Å². The maximum atomic E-state index is 12.6. The van der Waals surface area contributed by atoms with Gasteiger partial charge in [-0.3, -0.25) is 14.0 Å². The molecule has 124 valence electrons. The van der Waals surface area contributed by atoms with E-state index in [2.05, 4.69) is 20.4 Å². The van der Waals surface area contributed by atoms with Gasteiger partial charge in [-0.25, -0.2) is 9.97 Å². The molecule has 0 unspecified atom stereocenters. The predicted octanol–water partition coefficient (Wildman–Crippen LogP) is 2.04. The smallest absolute Gasteiger partial charge is 0.261 e. The maximum Gasteiger partial charge on any atom is 0.261 e. The highest BCUT2D eigenvalue weighted by Gasteiger charge is 2.17. The molecule has 0 spiro atoms. The largest absolute Gasteiger partial charge is 0.320 e. The zero-order valence-corrected chi connectivity index (χ0v) is 13.4. The van der Waals surface area contributed by atoms with Crippen molar-refractivity contribution in [3.8, 4) is 11.6 Å². The van der Waals surface area contributed by atoms with Crippen LogP contribution in [0.4, 0.5) is 5.69 Å². The summed E-state index contributed by atoms with van der Waals surface area (Å²) in [6, 6.07) is 7.40. The third-order valence-corrected chi connectivity index (χ3v) is 3.78. The lowest BCUT2D eigenvalue weighted by molar-refractivity contribution is 0.102. The molecule has 0 bridgehead atoms. The Morgan fingerprint density at radius 1 is 1.08 bits per heavy atom. The molecule has 1 N–H and O–H groups in total. The lowest BCUT2D eigenvalue weighted by atomic mass is 10.3. The summed E-state index contributed by atoms with van der Waals surface area (Å²) in [6.07, 6.45) is 12.1. The van der Waals surface area contributed by atoms with Crippen molar-refractivity contribution in [3.05, 3.63) is 73.3 Å². The van der Waals surface area contributed by atoms with Gasteiger partial charge in [0.25, 0.3) is 5.91 Å². The number of nitrogens with zero attached hydrogens (tertiary/aromatic N) is 6. The van der Waals surface area contributed by atoms with E-state index in [-0.39, 0.29) is 5.91 Å². The Hall–Kier alpha value is -3.68. The summed E-state index contributed by atoms with van der Waals surface area (Å²) in [5, 5.41) is 7.05. The van der Waals surface area contributed by atoms with Gasteiger partial charge in [0.2, 0.25) is 0 Å². The van der Waals surface area contributed by atoms with Crippen molar-refractivity contribution in [2.24, 2.45) is 7.05 Å². The van der Waals surface area contributed by atoms with Crippen molar-refractivity contribution < 1.29 is 4.79 Å². The Morgan fingerprint density at radius 3 is 2.60 bits per heavy atom. The van der Waals surface area contributed by atoms with E-state index in [4.69, 9.17) is 0 Å². The van der Waals surface area contributed by atoms with Crippen LogP contribution in [-0.2, 0) is 7.05 Å². The summed E-state index contributed by atoms with van der Waals surface area (Å²) < 4.78 is 5.30. The lowest BCUT2D eigenvalue weighted by Crippen LogP contribution is -2.15. The Balaban J connectivity index is 1.57. The minimum absolute atomic E-state index is 0.242. The molecule has 4 rings (SSSR count). The van der Waals surface area contributed by atoms with Crippen LogP contribution in [-0.4, -0.2) is 34.8 Å². The molecule has 0 saturated carbocycles. The van der Waals surface area contributed by atoms with E-state index in [1.54, 1.807) is 53.5 Å². The summed E-state index contributed by atoms with van der Waals surface area (Å²) in [5.74, 6) is 1.18. The SMILES string of the molecule is Cn1ncc(C(=O)Nc2ccc(-n3ccnc3)nc2)c1-n1cccc1. The molecule has 1 amide bonds. The molecule has 0 aliphatic rings. The molecule has 4 aromatic rings. The summed E-state index contributed by atoms with van der Waals surface area (Å²) in [4.78, 5) is 21.0. The highest BCUT2D eigenvalue weighted by Crippen LogP contribution is 2.17. The van der Waals surface area contributed by atoms with E-state index in [0.29, 0.717) is 17.1 Å². The van der Waals surface area contributed by atoms with Gasteiger partial charge in [0.05, 0.1) is 18.1 Å². The molecular formula is C17H15N7O. The van der Waals surface area contributed by atoms with E-state index in [0.717, 1.165) is 5.82 Å². The standard InChI is InChI=1S/C17H15N7O/c1-22-17(23-7-2-3-8-23)14(11-20-22)16(25)21-13-4-5-15(19-10-13)24-9-6-18-12-24/h2-12H,1H3,(H,21,25).